The Labute approximate surface area is 118 Å². The highest BCUT2D eigenvalue weighted by Gasteiger charge is 2.53. The number of methoxy groups -OCH3 is 1. The van der Waals surface area contributed by atoms with E-state index >= 15 is 0 Å². The molecule has 1 saturated heterocycles. The van der Waals surface area contributed by atoms with Crippen molar-refractivity contribution in [2.75, 3.05) is 13.7 Å². The van der Waals surface area contributed by atoms with E-state index in [1.807, 2.05) is 0 Å². The maximum absolute atomic E-state index is 6.15. The number of ether oxygens (including phenoxy) is 3. The van der Waals surface area contributed by atoms with E-state index in [0.717, 1.165) is 18.3 Å². The third kappa shape index (κ3) is 2.98. The van der Waals surface area contributed by atoms with Crippen LogP contribution in [0.5, 0.6) is 0 Å². The summed E-state index contributed by atoms with van der Waals surface area (Å²) in [5.41, 5.74) is -0.119. The smallest absolute Gasteiger partial charge is 0.182 e. The molecule has 0 unspecified atom stereocenters. The van der Waals surface area contributed by atoms with Crippen molar-refractivity contribution in [3.8, 4) is 0 Å². The number of rotatable bonds is 5. The van der Waals surface area contributed by atoms with Crippen LogP contribution in [0.25, 0.3) is 0 Å². The topological polar surface area (TPSA) is 27.7 Å². The fourth-order valence-electron chi connectivity index (χ4n) is 3.85. The summed E-state index contributed by atoms with van der Waals surface area (Å²) in [5.74, 6) is 2.12. The number of hydrogen-bond acceptors (Lipinski definition) is 3. The van der Waals surface area contributed by atoms with Gasteiger partial charge in [0.05, 0.1) is 18.3 Å². The van der Waals surface area contributed by atoms with Crippen molar-refractivity contribution < 1.29 is 14.2 Å². The monoisotopic (exact) mass is 270 g/mol. The predicted octanol–water partition coefficient (Wildman–Crippen LogP) is 3.62. The summed E-state index contributed by atoms with van der Waals surface area (Å²) in [6, 6.07) is 0. The zero-order valence-corrected chi connectivity index (χ0v) is 13.1. The van der Waals surface area contributed by atoms with Gasteiger partial charge in [0, 0.05) is 7.11 Å². The molecule has 112 valence electrons. The summed E-state index contributed by atoms with van der Waals surface area (Å²) in [7, 11) is 1.70. The largest absolute Gasteiger partial charge is 0.379 e. The van der Waals surface area contributed by atoms with Crippen LogP contribution in [0.3, 0.4) is 0 Å². The highest BCUT2D eigenvalue weighted by molar-refractivity contribution is 5.00. The van der Waals surface area contributed by atoms with Gasteiger partial charge in [-0.15, -0.1) is 0 Å². The highest BCUT2D eigenvalue weighted by atomic mass is 16.8. The molecule has 0 bridgehead atoms. The van der Waals surface area contributed by atoms with Crippen LogP contribution in [0.1, 0.15) is 53.4 Å². The van der Waals surface area contributed by atoms with Crippen molar-refractivity contribution in [3.05, 3.63) is 0 Å². The average molecular weight is 270 g/mol. The van der Waals surface area contributed by atoms with Gasteiger partial charge in [0.25, 0.3) is 0 Å². The Bertz CT molecular complexity index is 294. The molecule has 1 heterocycles. The van der Waals surface area contributed by atoms with Crippen LogP contribution in [0.2, 0.25) is 0 Å². The Morgan fingerprint density at radius 2 is 2.11 bits per heavy atom. The first-order chi connectivity index (χ1) is 9.01. The Morgan fingerprint density at radius 3 is 2.74 bits per heavy atom. The lowest BCUT2D eigenvalue weighted by Crippen LogP contribution is -2.49. The van der Waals surface area contributed by atoms with Crippen molar-refractivity contribution in [2.24, 2.45) is 17.8 Å². The second-order valence-electron chi connectivity index (χ2n) is 6.71. The summed E-state index contributed by atoms with van der Waals surface area (Å²) < 4.78 is 17.4. The summed E-state index contributed by atoms with van der Waals surface area (Å²) in [4.78, 5) is 0. The van der Waals surface area contributed by atoms with E-state index in [9.17, 15) is 0 Å². The molecule has 0 N–H and O–H groups in total. The van der Waals surface area contributed by atoms with Crippen LogP contribution < -0.4 is 0 Å². The minimum atomic E-state index is -0.178. The predicted molar refractivity (Wildman–Crippen MR) is 76.0 cm³/mol. The lowest BCUT2D eigenvalue weighted by molar-refractivity contribution is -0.129. The minimum Gasteiger partial charge on any atom is -0.379 e. The van der Waals surface area contributed by atoms with Crippen LogP contribution in [-0.4, -0.2) is 31.7 Å². The summed E-state index contributed by atoms with van der Waals surface area (Å²) in [5, 5.41) is 0. The molecule has 6 atom stereocenters. The molecule has 1 saturated carbocycles. The normalized spacial score (nSPS) is 44.1. The molecule has 2 aliphatic rings. The molecule has 2 fully saturated rings. The molecule has 3 heteroatoms. The first-order valence-corrected chi connectivity index (χ1v) is 7.83. The first kappa shape index (κ1) is 15.3. The molecule has 19 heavy (non-hydrogen) atoms. The molecular weight excluding hydrogens is 240 g/mol. The molecule has 0 aromatic heterocycles. The zero-order valence-electron chi connectivity index (χ0n) is 13.1. The van der Waals surface area contributed by atoms with Gasteiger partial charge in [-0.05, 0) is 37.5 Å². The van der Waals surface area contributed by atoms with Gasteiger partial charge in [-0.2, -0.15) is 0 Å². The first-order valence-electron chi connectivity index (χ1n) is 7.83. The molecule has 1 aliphatic heterocycles. The Balaban J connectivity index is 2.03. The second-order valence-corrected chi connectivity index (χ2v) is 6.71. The van der Waals surface area contributed by atoms with Crippen molar-refractivity contribution >= 4 is 0 Å². The van der Waals surface area contributed by atoms with Gasteiger partial charge in [0.15, 0.2) is 6.29 Å². The molecule has 0 amide bonds. The molecule has 1 aliphatic carbocycles. The second kappa shape index (κ2) is 6.11. The van der Waals surface area contributed by atoms with E-state index in [2.05, 4.69) is 27.7 Å². The fourth-order valence-corrected chi connectivity index (χ4v) is 3.85. The van der Waals surface area contributed by atoms with Crippen LogP contribution in [0.15, 0.2) is 0 Å². The van der Waals surface area contributed by atoms with Crippen molar-refractivity contribution in [1.29, 1.82) is 0 Å². The van der Waals surface area contributed by atoms with Crippen LogP contribution in [0.4, 0.5) is 0 Å². The van der Waals surface area contributed by atoms with E-state index in [-0.39, 0.29) is 18.0 Å². The van der Waals surface area contributed by atoms with Crippen LogP contribution >= 0.6 is 0 Å². The third-order valence-electron chi connectivity index (χ3n) is 5.34. The van der Waals surface area contributed by atoms with Gasteiger partial charge in [0.2, 0.25) is 0 Å². The third-order valence-corrected chi connectivity index (χ3v) is 5.34. The lowest BCUT2D eigenvalue weighted by atomic mass is 9.67. The summed E-state index contributed by atoms with van der Waals surface area (Å²) in [6.45, 7) is 9.74. The quantitative estimate of drug-likeness (QED) is 0.763. The molecule has 0 spiro atoms. The Morgan fingerprint density at radius 1 is 1.37 bits per heavy atom. The van der Waals surface area contributed by atoms with Gasteiger partial charge in [-0.25, -0.2) is 0 Å². The lowest BCUT2D eigenvalue weighted by Gasteiger charge is -2.44. The van der Waals surface area contributed by atoms with E-state index < -0.39 is 0 Å². The standard InChI is InChI=1S/C16H30O3/c1-6-7-11(2)13-8-12(3)16(4)14(9-13)18-15(19-16)10-17-5/h11-15H,6-10H2,1-5H3/t11-,12-,13+,14+,15+,16-/m1/s1. The Hall–Kier alpha value is -0.120. The maximum Gasteiger partial charge on any atom is 0.182 e. The molecular formula is C16H30O3. The molecule has 0 radical (unpaired) electrons. The minimum absolute atomic E-state index is 0.119. The van der Waals surface area contributed by atoms with Crippen LogP contribution in [-0.2, 0) is 14.2 Å². The summed E-state index contributed by atoms with van der Waals surface area (Å²) in [6.07, 6.45) is 5.06. The fraction of sp³-hybridized carbons (Fsp3) is 1.00. The molecule has 2 rings (SSSR count). The van der Waals surface area contributed by atoms with Crippen molar-refractivity contribution in [3.63, 3.8) is 0 Å². The van der Waals surface area contributed by atoms with Gasteiger partial charge in [-0.3, -0.25) is 0 Å². The number of hydrogen-bond donors (Lipinski definition) is 0. The molecule has 0 aromatic rings. The summed E-state index contributed by atoms with van der Waals surface area (Å²) >= 11 is 0. The molecule has 0 aromatic carbocycles. The maximum atomic E-state index is 6.15. The van der Waals surface area contributed by atoms with Crippen LogP contribution in [0, 0.1) is 17.8 Å². The van der Waals surface area contributed by atoms with E-state index in [1.165, 1.54) is 19.3 Å². The highest BCUT2D eigenvalue weighted by Crippen LogP contribution is 2.48. The molecule has 3 nitrogen and oxygen atoms in total. The zero-order chi connectivity index (χ0) is 14.0. The van der Waals surface area contributed by atoms with Gasteiger partial charge in [-0.1, -0.05) is 33.6 Å². The SMILES string of the molecule is CCC[C@@H](C)[C@H]1C[C@@H](C)[C@@]2(C)O[C@@H](COC)O[C@H]2C1. The van der Waals surface area contributed by atoms with Gasteiger partial charge >= 0.3 is 0 Å². The van der Waals surface area contributed by atoms with Crippen molar-refractivity contribution in [1.82, 2.24) is 0 Å². The van der Waals surface area contributed by atoms with E-state index in [0.29, 0.717) is 12.5 Å². The van der Waals surface area contributed by atoms with Gasteiger partial charge < -0.3 is 14.2 Å². The van der Waals surface area contributed by atoms with E-state index in [1.54, 1.807) is 7.11 Å². The van der Waals surface area contributed by atoms with Crippen molar-refractivity contribution in [2.45, 2.75) is 71.4 Å². The van der Waals surface area contributed by atoms with Gasteiger partial charge in [0.1, 0.15) is 0 Å². The average Bonchev–Trinajstić information content (AvgIpc) is 2.67. The Kier molecular flexibility index (Phi) is 4.91. The van der Waals surface area contributed by atoms with E-state index in [4.69, 9.17) is 14.2 Å². The number of fused-ring (bicyclic) bond motifs is 1.